The molecule has 0 spiro atoms. The molecule has 1 atom stereocenters. The van der Waals surface area contributed by atoms with E-state index in [1.165, 1.54) is 18.1 Å². The molecule has 0 bridgehead atoms. The van der Waals surface area contributed by atoms with Crippen molar-refractivity contribution in [3.05, 3.63) is 51.1 Å². The zero-order chi connectivity index (χ0) is 23.2. The Morgan fingerprint density at radius 2 is 2.12 bits per heavy atom. The van der Waals surface area contributed by atoms with Gasteiger partial charge < -0.3 is 10.2 Å². The quantitative estimate of drug-likeness (QED) is 0.556. The Labute approximate surface area is 193 Å². The second kappa shape index (κ2) is 8.39. The molecule has 0 radical (unpaired) electrons. The molecule has 4 heterocycles. The summed E-state index contributed by atoms with van der Waals surface area (Å²) >= 11 is 9.08. The number of aromatic nitrogens is 4. The van der Waals surface area contributed by atoms with E-state index in [1.807, 2.05) is 0 Å². The van der Waals surface area contributed by atoms with Crippen LogP contribution in [-0.2, 0) is 13.2 Å². The Morgan fingerprint density at radius 3 is 2.84 bits per heavy atom. The predicted octanol–water partition coefficient (Wildman–Crippen LogP) is 3.54. The monoisotopic (exact) mass is 532 g/mol. The second-order valence-corrected chi connectivity index (χ2v) is 8.63. The van der Waals surface area contributed by atoms with Crippen LogP contribution in [0, 0.1) is 0 Å². The van der Waals surface area contributed by atoms with Crippen molar-refractivity contribution in [2.75, 3.05) is 13.1 Å². The summed E-state index contributed by atoms with van der Waals surface area (Å²) in [5.41, 5.74) is -1.11. The van der Waals surface area contributed by atoms with Crippen LogP contribution in [0.2, 0.25) is 5.15 Å². The van der Waals surface area contributed by atoms with Crippen molar-refractivity contribution < 1.29 is 22.8 Å². The Kier molecular flexibility index (Phi) is 5.93. The number of hydrogen-bond acceptors (Lipinski definition) is 4. The maximum absolute atomic E-state index is 13.5. The van der Waals surface area contributed by atoms with Crippen LogP contribution in [0.3, 0.4) is 0 Å². The molecular weight excluding hydrogens is 517 g/mol. The van der Waals surface area contributed by atoms with Crippen molar-refractivity contribution in [3.63, 3.8) is 0 Å². The van der Waals surface area contributed by atoms with Crippen molar-refractivity contribution in [1.82, 2.24) is 29.4 Å². The Hall–Kier alpha value is -2.60. The SMILES string of the molecule is Cn1nc(C(=O)N2CCCC2CNC(=O)c2cnc3cc(Br)ccn23)c(C(F)(F)F)c1Cl. The molecule has 1 N–H and O–H groups in total. The molecule has 3 aromatic heterocycles. The molecule has 1 aliphatic rings. The number of rotatable bonds is 4. The van der Waals surface area contributed by atoms with Crippen LogP contribution in [-0.4, -0.2) is 55.0 Å². The fraction of sp³-hybridized carbons (Fsp3) is 0.368. The lowest BCUT2D eigenvalue weighted by Crippen LogP contribution is -2.44. The number of nitrogens with one attached hydrogen (secondary N) is 1. The third kappa shape index (κ3) is 4.08. The van der Waals surface area contributed by atoms with Gasteiger partial charge in [-0.2, -0.15) is 18.3 Å². The topological polar surface area (TPSA) is 84.5 Å². The number of fused-ring (bicyclic) bond motifs is 1. The van der Waals surface area contributed by atoms with Gasteiger partial charge in [0.25, 0.3) is 11.8 Å². The van der Waals surface area contributed by atoms with Gasteiger partial charge in [0, 0.05) is 36.8 Å². The number of imidazole rings is 1. The summed E-state index contributed by atoms with van der Waals surface area (Å²) in [4.78, 5) is 31.1. The maximum Gasteiger partial charge on any atom is 0.421 e. The highest BCUT2D eigenvalue weighted by molar-refractivity contribution is 9.10. The molecule has 2 amide bonds. The lowest BCUT2D eigenvalue weighted by Gasteiger charge is -2.24. The zero-order valence-corrected chi connectivity index (χ0v) is 19.0. The average molecular weight is 534 g/mol. The molecule has 3 aromatic rings. The summed E-state index contributed by atoms with van der Waals surface area (Å²) in [7, 11) is 1.24. The number of likely N-dealkylation sites (tertiary alicyclic amines) is 1. The molecule has 1 saturated heterocycles. The van der Waals surface area contributed by atoms with Gasteiger partial charge in [-0.15, -0.1) is 0 Å². The first-order valence-electron chi connectivity index (χ1n) is 9.59. The molecule has 13 heteroatoms. The summed E-state index contributed by atoms with van der Waals surface area (Å²) in [6.07, 6.45) is -0.569. The maximum atomic E-state index is 13.5. The van der Waals surface area contributed by atoms with Crippen molar-refractivity contribution in [3.8, 4) is 0 Å². The van der Waals surface area contributed by atoms with Crippen molar-refractivity contribution in [1.29, 1.82) is 0 Å². The highest BCUT2D eigenvalue weighted by Gasteiger charge is 2.43. The third-order valence-electron chi connectivity index (χ3n) is 5.31. The lowest BCUT2D eigenvalue weighted by atomic mass is 10.2. The van der Waals surface area contributed by atoms with E-state index < -0.39 is 40.4 Å². The molecular formula is C19H17BrClF3N6O2. The Balaban J connectivity index is 1.50. The van der Waals surface area contributed by atoms with Crippen LogP contribution in [0.5, 0.6) is 0 Å². The van der Waals surface area contributed by atoms with E-state index >= 15 is 0 Å². The fourth-order valence-corrected chi connectivity index (χ4v) is 4.34. The number of amides is 2. The summed E-state index contributed by atoms with van der Waals surface area (Å²) in [6, 6.07) is 3.05. The number of pyridine rings is 1. The summed E-state index contributed by atoms with van der Waals surface area (Å²) < 4.78 is 43.6. The van der Waals surface area contributed by atoms with E-state index in [4.69, 9.17) is 11.6 Å². The smallest absolute Gasteiger partial charge is 0.349 e. The number of halogens is 5. The fourth-order valence-electron chi connectivity index (χ4n) is 3.78. The van der Waals surface area contributed by atoms with Gasteiger partial charge in [0.1, 0.15) is 22.1 Å². The highest BCUT2D eigenvalue weighted by atomic mass is 79.9. The standard InChI is InChI=1S/C19H17BrClF3N6O2/c1-28-16(21)14(19(22,23)24)15(27-28)18(32)29-5-2-3-11(29)8-26-17(31)12-9-25-13-7-10(20)4-6-30(12)13/h4,6-7,9,11H,2-3,5,8H2,1H3,(H,26,31). The molecule has 8 nitrogen and oxygen atoms in total. The largest absolute Gasteiger partial charge is 0.421 e. The number of carbonyl (C=O) groups is 2. The number of carbonyl (C=O) groups excluding carboxylic acids is 2. The minimum absolute atomic E-state index is 0.0796. The van der Waals surface area contributed by atoms with E-state index in [-0.39, 0.29) is 13.1 Å². The van der Waals surface area contributed by atoms with E-state index in [1.54, 1.807) is 22.7 Å². The predicted molar refractivity (Wildman–Crippen MR) is 113 cm³/mol. The minimum Gasteiger partial charge on any atom is -0.349 e. The van der Waals surface area contributed by atoms with Crippen LogP contribution in [0.15, 0.2) is 29.0 Å². The number of alkyl halides is 3. The molecule has 1 unspecified atom stereocenters. The van der Waals surface area contributed by atoms with Gasteiger partial charge in [-0.3, -0.25) is 18.7 Å². The molecule has 0 aromatic carbocycles. The van der Waals surface area contributed by atoms with Crippen molar-refractivity contribution in [2.24, 2.45) is 7.05 Å². The molecule has 32 heavy (non-hydrogen) atoms. The second-order valence-electron chi connectivity index (χ2n) is 7.36. The molecule has 0 saturated carbocycles. The molecule has 170 valence electrons. The van der Waals surface area contributed by atoms with Gasteiger partial charge in [0.05, 0.1) is 6.20 Å². The van der Waals surface area contributed by atoms with Crippen LogP contribution in [0.1, 0.15) is 39.4 Å². The summed E-state index contributed by atoms with van der Waals surface area (Å²) in [5, 5.41) is 5.81. The van der Waals surface area contributed by atoms with Crippen molar-refractivity contribution >= 4 is 45.0 Å². The Bertz CT molecular complexity index is 1210. The first-order chi connectivity index (χ1) is 15.1. The van der Waals surface area contributed by atoms with E-state index in [0.29, 0.717) is 24.2 Å². The molecule has 0 aliphatic carbocycles. The first-order valence-corrected chi connectivity index (χ1v) is 10.8. The summed E-state index contributed by atoms with van der Waals surface area (Å²) in [5.74, 6) is -1.27. The van der Waals surface area contributed by atoms with Crippen LogP contribution in [0.4, 0.5) is 13.2 Å². The lowest BCUT2D eigenvalue weighted by molar-refractivity contribution is -0.138. The normalized spacial score (nSPS) is 16.7. The van der Waals surface area contributed by atoms with Crippen molar-refractivity contribution in [2.45, 2.75) is 25.1 Å². The van der Waals surface area contributed by atoms with Gasteiger partial charge in [0.2, 0.25) is 0 Å². The number of nitrogens with zero attached hydrogens (tertiary/aromatic N) is 5. The van der Waals surface area contributed by atoms with Crippen LogP contribution >= 0.6 is 27.5 Å². The summed E-state index contributed by atoms with van der Waals surface area (Å²) in [6.45, 7) is 0.338. The highest BCUT2D eigenvalue weighted by Crippen LogP contribution is 2.38. The molecule has 1 fully saturated rings. The van der Waals surface area contributed by atoms with Gasteiger partial charge in [-0.05, 0) is 25.0 Å². The third-order valence-corrected chi connectivity index (χ3v) is 6.23. The van der Waals surface area contributed by atoms with E-state index in [2.05, 4.69) is 31.3 Å². The van der Waals surface area contributed by atoms with E-state index in [0.717, 1.165) is 9.15 Å². The minimum atomic E-state index is -4.82. The van der Waals surface area contributed by atoms with Crippen LogP contribution < -0.4 is 5.32 Å². The van der Waals surface area contributed by atoms with Crippen LogP contribution in [0.25, 0.3) is 5.65 Å². The zero-order valence-electron chi connectivity index (χ0n) is 16.7. The Morgan fingerprint density at radius 1 is 1.38 bits per heavy atom. The van der Waals surface area contributed by atoms with Gasteiger partial charge in [-0.25, -0.2) is 4.98 Å². The molecule has 1 aliphatic heterocycles. The van der Waals surface area contributed by atoms with Gasteiger partial charge >= 0.3 is 6.18 Å². The van der Waals surface area contributed by atoms with Gasteiger partial charge in [0.15, 0.2) is 5.69 Å². The first kappa shape index (κ1) is 22.6. The number of aryl methyl sites for hydroxylation is 1. The van der Waals surface area contributed by atoms with Gasteiger partial charge in [-0.1, -0.05) is 27.5 Å². The van der Waals surface area contributed by atoms with E-state index in [9.17, 15) is 22.8 Å². The average Bonchev–Trinajstić information content (AvgIpc) is 3.42. The number of hydrogen-bond donors (Lipinski definition) is 1. The molecule has 4 rings (SSSR count).